The molecule has 0 bridgehead atoms. The fourth-order valence-electron chi connectivity index (χ4n) is 2.12. The number of aromatic nitrogens is 2. The van der Waals surface area contributed by atoms with Gasteiger partial charge in [-0.15, -0.1) is 0 Å². The van der Waals surface area contributed by atoms with Crippen LogP contribution in [-0.2, 0) is 6.54 Å². The minimum atomic E-state index is -0.449. The average molecular weight is 310 g/mol. The van der Waals surface area contributed by atoms with E-state index in [4.69, 9.17) is 4.42 Å². The third-order valence-corrected chi connectivity index (χ3v) is 3.30. The van der Waals surface area contributed by atoms with Crippen LogP contribution in [0.1, 0.15) is 11.3 Å². The summed E-state index contributed by atoms with van der Waals surface area (Å²) in [5.74, 6) is 1.10. The summed E-state index contributed by atoms with van der Waals surface area (Å²) in [6, 6.07) is 11.2. The number of hydrogen-bond donors (Lipinski definition) is 1. The van der Waals surface area contributed by atoms with Gasteiger partial charge in [-0.25, -0.2) is 9.97 Å². The Hall–Kier alpha value is -3.22. The van der Waals surface area contributed by atoms with Gasteiger partial charge in [-0.1, -0.05) is 18.2 Å². The zero-order chi connectivity index (χ0) is 16.2. The van der Waals surface area contributed by atoms with Crippen LogP contribution >= 0.6 is 0 Å². The van der Waals surface area contributed by atoms with Crippen LogP contribution in [0.3, 0.4) is 0 Å². The van der Waals surface area contributed by atoms with Crippen molar-refractivity contribution in [2.45, 2.75) is 13.5 Å². The van der Waals surface area contributed by atoms with Crippen molar-refractivity contribution in [3.05, 3.63) is 70.2 Å². The zero-order valence-electron chi connectivity index (χ0n) is 12.4. The molecule has 23 heavy (non-hydrogen) atoms. The molecule has 0 unspecified atom stereocenters. The van der Waals surface area contributed by atoms with E-state index in [1.165, 1.54) is 6.20 Å². The second kappa shape index (κ2) is 6.27. The number of aryl methyl sites for hydroxylation is 1. The Balaban J connectivity index is 1.68. The van der Waals surface area contributed by atoms with E-state index in [9.17, 15) is 10.1 Å². The smallest absolute Gasteiger partial charge is 0.290 e. The van der Waals surface area contributed by atoms with E-state index in [1.54, 1.807) is 19.3 Å². The quantitative estimate of drug-likeness (QED) is 0.572. The second-order valence-electron chi connectivity index (χ2n) is 4.98. The van der Waals surface area contributed by atoms with Gasteiger partial charge in [0.25, 0.3) is 5.69 Å². The van der Waals surface area contributed by atoms with Crippen LogP contribution in [-0.4, -0.2) is 14.9 Å². The Morgan fingerprint density at radius 3 is 2.78 bits per heavy atom. The molecule has 2 heterocycles. The summed E-state index contributed by atoms with van der Waals surface area (Å²) >= 11 is 0. The first-order valence-corrected chi connectivity index (χ1v) is 6.98. The van der Waals surface area contributed by atoms with Crippen molar-refractivity contribution in [3.8, 4) is 11.5 Å². The van der Waals surface area contributed by atoms with E-state index in [0.29, 0.717) is 23.8 Å². The highest BCUT2D eigenvalue weighted by atomic mass is 16.6. The standard InChI is InChI=1S/C16H14N4O3/c1-11-7-15(18-9-14(11)20(21)22)17-8-13-10-23-16(19-13)12-5-3-2-4-6-12/h2-7,9-10H,8H2,1H3,(H,17,18). The van der Waals surface area contributed by atoms with Crippen LogP contribution in [0.25, 0.3) is 11.5 Å². The summed E-state index contributed by atoms with van der Waals surface area (Å²) in [6.45, 7) is 2.09. The number of rotatable bonds is 5. The normalized spacial score (nSPS) is 10.5. The highest BCUT2D eigenvalue weighted by Gasteiger charge is 2.12. The van der Waals surface area contributed by atoms with E-state index in [0.717, 1.165) is 11.3 Å². The Morgan fingerprint density at radius 2 is 2.09 bits per heavy atom. The predicted octanol–water partition coefficient (Wildman–Crippen LogP) is 3.57. The van der Waals surface area contributed by atoms with Gasteiger partial charge in [0.05, 0.1) is 17.2 Å². The molecule has 0 saturated heterocycles. The number of pyridine rings is 1. The molecular formula is C16H14N4O3. The molecule has 3 rings (SSSR count). The summed E-state index contributed by atoms with van der Waals surface area (Å²) in [7, 11) is 0. The first-order chi connectivity index (χ1) is 11.1. The lowest BCUT2D eigenvalue weighted by Crippen LogP contribution is -2.03. The zero-order valence-corrected chi connectivity index (χ0v) is 12.4. The second-order valence-corrected chi connectivity index (χ2v) is 4.98. The van der Waals surface area contributed by atoms with Gasteiger partial charge >= 0.3 is 0 Å². The maximum atomic E-state index is 10.8. The minimum Gasteiger partial charge on any atom is -0.444 e. The summed E-state index contributed by atoms with van der Waals surface area (Å²) in [4.78, 5) is 18.8. The van der Waals surface area contributed by atoms with Gasteiger partial charge in [0.2, 0.25) is 5.89 Å². The number of anilines is 1. The Bertz CT molecular complexity index is 830. The SMILES string of the molecule is Cc1cc(NCc2coc(-c3ccccc3)n2)ncc1[N+](=O)[O-]. The number of nitrogens with zero attached hydrogens (tertiary/aromatic N) is 3. The van der Waals surface area contributed by atoms with Gasteiger partial charge in [0.15, 0.2) is 0 Å². The maximum absolute atomic E-state index is 10.8. The molecule has 1 aromatic carbocycles. The van der Waals surface area contributed by atoms with E-state index < -0.39 is 4.92 Å². The fraction of sp³-hybridized carbons (Fsp3) is 0.125. The Labute approximate surface area is 132 Å². The minimum absolute atomic E-state index is 0.00310. The molecule has 0 amide bonds. The first-order valence-electron chi connectivity index (χ1n) is 6.98. The summed E-state index contributed by atoms with van der Waals surface area (Å²) in [5, 5.41) is 13.8. The molecule has 0 saturated carbocycles. The van der Waals surface area contributed by atoms with E-state index in [-0.39, 0.29) is 5.69 Å². The highest BCUT2D eigenvalue weighted by Crippen LogP contribution is 2.20. The lowest BCUT2D eigenvalue weighted by atomic mass is 10.2. The van der Waals surface area contributed by atoms with Gasteiger partial charge in [0, 0.05) is 11.1 Å². The number of nitrogens with one attached hydrogen (secondary N) is 1. The first kappa shape index (κ1) is 14.7. The van der Waals surface area contributed by atoms with Gasteiger partial charge in [-0.3, -0.25) is 10.1 Å². The number of nitro groups is 1. The molecule has 7 nitrogen and oxygen atoms in total. The van der Waals surface area contributed by atoms with Crippen molar-refractivity contribution in [2.24, 2.45) is 0 Å². The molecule has 0 aliphatic carbocycles. The molecule has 0 spiro atoms. The molecule has 1 N–H and O–H groups in total. The van der Waals surface area contributed by atoms with Gasteiger partial charge in [0.1, 0.15) is 18.3 Å². The lowest BCUT2D eigenvalue weighted by Gasteiger charge is -2.04. The van der Waals surface area contributed by atoms with Crippen molar-refractivity contribution in [1.29, 1.82) is 0 Å². The van der Waals surface area contributed by atoms with Gasteiger partial charge in [-0.05, 0) is 25.1 Å². The van der Waals surface area contributed by atoms with Crippen LogP contribution < -0.4 is 5.32 Å². The van der Waals surface area contributed by atoms with E-state index in [2.05, 4.69) is 15.3 Å². The number of hydrogen-bond acceptors (Lipinski definition) is 6. The molecular weight excluding hydrogens is 296 g/mol. The van der Waals surface area contributed by atoms with Crippen molar-refractivity contribution in [1.82, 2.24) is 9.97 Å². The third-order valence-electron chi connectivity index (χ3n) is 3.30. The summed E-state index contributed by atoms with van der Waals surface area (Å²) in [5.41, 5.74) is 2.19. The molecule has 0 fully saturated rings. The Morgan fingerprint density at radius 1 is 1.30 bits per heavy atom. The van der Waals surface area contributed by atoms with Gasteiger partial charge in [-0.2, -0.15) is 0 Å². The molecule has 0 aliphatic heterocycles. The van der Waals surface area contributed by atoms with Crippen LogP contribution in [0, 0.1) is 17.0 Å². The van der Waals surface area contributed by atoms with Crippen molar-refractivity contribution in [3.63, 3.8) is 0 Å². The third kappa shape index (κ3) is 3.34. The fourth-order valence-corrected chi connectivity index (χ4v) is 2.12. The molecule has 2 aromatic heterocycles. The largest absolute Gasteiger partial charge is 0.444 e. The Kier molecular flexibility index (Phi) is 4.01. The molecule has 7 heteroatoms. The summed E-state index contributed by atoms with van der Waals surface area (Å²) < 4.78 is 5.45. The average Bonchev–Trinajstić information content (AvgIpc) is 3.02. The highest BCUT2D eigenvalue weighted by molar-refractivity contribution is 5.53. The van der Waals surface area contributed by atoms with Crippen molar-refractivity contribution in [2.75, 3.05) is 5.32 Å². The summed E-state index contributed by atoms with van der Waals surface area (Å²) in [6.07, 6.45) is 2.82. The topological polar surface area (TPSA) is 94.1 Å². The molecule has 0 atom stereocenters. The lowest BCUT2D eigenvalue weighted by molar-refractivity contribution is -0.385. The number of oxazole rings is 1. The van der Waals surface area contributed by atoms with Gasteiger partial charge < -0.3 is 9.73 Å². The predicted molar refractivity (Wildman–Crippen MR) is 84.9 cm³/mol. The van der Waals surface area contributed by atoms with Crippen LogP contribution in [0.5, 0.6) is 0 Å². The molecule has 0 radical (unpaired) electrons. The van der Waals surface area contributed by atoms with Crippen LogP contribution in [0.15, 0.2) is 53.3 Å². The maximum Gasteiger partial charge on any atom is 0.290 e. The molecule has 116 valence electrons. The van der Waals surface area contributed by atoms with E-state index >= 15 is 0 Å². The van der Waals surface area contributed by atoms with Crippen LogP contribution in [0.4, 0.5) is 11.5 Å². The van der Waals surface area contributed by atoms with Crippen LogP contribution in [0.2, 0.25) is 0 Å². The van der Waals surface area contributed by atoms with Crippen molar-refractivity contribution < 1.29 is 9.34 Å². The molecule has 3 aromatic rings. The van der Waals surface area contributed by atoms with Crippen molar-refractivity contribution >= 4 is 11.5 Å². The number of benzene rings is 1. The molecule has 0 aliphatic rings. The van der Waals surface area contributed by atoms with E-state index in [1.807, 2.05) is 30.3 Å². The monoisotopic (exact) mass is 310 g/mol.